The van der Waals surface area contributed by atoms with Crippen molar-refractivity contribution in [3.05, 3.63) is 29.8 Å². The second kappa shape index (κ2) is 3.87. The first-order chi connectivity index (χ1) is 6.05. The fourth-order valence-corrected chi connectivity index (χ4v) is 1.82. The van der Waals surface area contributed by atoms with Gasteiger partial charge in [-0.15, -0.1) is 0 Å². The van der Waals surface area contributed by atoms with Crippen molar-refractivity contribution in [2.24, 2.45) is 0 Å². The van der Waals surface area contributed by atoms with Gasteiger partial charge in [-0.2, -0.15) is 8.42 Å². The number of hydrogen-bond acceptors (Lipinski definition) is 2. The average Bonchev–Trinajstić information content (AvgIpc) is 2.04. The van der Waals surface area contributed by atoms with Crippen LogP contribution >= 0.6 is 0 Å². The molecule has 0 fully saturated rings. The lowest BCUT2D eigenvalue weighted by atomic mass is 10.2. The van der Waals surface area contributed by atoms with Crippen molar-refractivity contribution in [1.82, 2.24) is 0 Å². The van der Waals surface area contributed by atoms with Gasteiger partial charge < -0.3 is 0 Å². The molecular weight excluding hydrogens is 192 g/mol. The van der Waals surface area contributed by atoms with Gasteiger partial charge in [-0.25, -0.2) is 5.11 Å². The van der Waals surface area contributed by atoms with Crippen molar-refractivity contribution < 1.29 is 18.1 Å². The highest BCUT2D eigenvalue weighted by Gasteiger charge is 2.13. The molecule has 0 aliphatic heterocycles. The quantitative estimate of drug-likeness (QED) is 0.738. The van der Waals surface area contributed by atoms with E-state index in [1.807, 2.05) is 0 Å². The van der Waals surface area contributed by atoms with E-state index >= 15 is 0 Å². The van der Waals surface area contributed by atoms with E-state index in [4.69, 9.17) is 4.55 Å². The maximum atomic E-state index is 10.8. The van der Waals surface area contributed by atoms with Crippen molar-refractivity contribution in [3.63, 3.8) is 0 Å². The summed E-state index contributed by atoms with van der Waals surface area (Å²) in [5, 5.41) is 10.3. The lowest BCUT2D eigenvalue weighted by Crippen LogP contribution is -2.03. The summed E-state index contributed by atoms with van der Waals surface area (Å²) in [4.78, 5) is -0.175. The highest BCUT2D eigenvalue weighted by molar-refractivity contribution is 7.85. The monoisotopic (exact) mass is 201 g/mol. The molecule has 0 aliphatic carbocycles. The van der Waals surface area contributed by atoms with E-state index in [0.717, 1.165) is 0 Å². The fourth-order valence-electron chi connectivity index (χ4n) is 1.07. The summed E-state index contributed by atoms with van der Waals surface area (Å²) in [5.41, 5.74) is 0.361. The molecule has 0 saturated heterocycles. The van der Waals surface area contributed by atoms with Crippen molar-refractivity contribution in [2.75, 3.05) is 6.61 Å². The topological polar surface area (TPSA) is 74.3 Å². The maximum Gasteiger partial charge on any atom is 0.294 e. The molecule has 0 heterocycles. The van der Waals surface area contributed by atoms with Crippen LogP contribution in [0.2, 0.25) is 0 Å². The van der Waals surface area contributed by atoms with Crippen LogP contribution in [0.15, 0.2) is 29.2 Å². The van der Waals surface area contributed by atoms with E-state index in [0.29, 0.717) is 5.56 Å². The highest BCUT2D eigenvalue weighted by atomic mass is 32.2. The molecular formula is C8H9O4S. The second-order valence-electron chi connectivity index (χ2n) is 2.54. The molecule has 4 nitrogen and oxygen atoms in total. The van der Waals surface area contributed by atoms with E-state index in [2.05, 4.69) is 0 Å². The van der Waals surface area contributed by atoms with Gasteiger partial charge >= 0.3 is 0 Å². The summed E-state index contributed by atoms with van der Waals surface area (Å²) in [5.74, 6) is 0. The molecule has 0 spiro atoms. The van der Waals surface area contributed by atoms with Gasteiger partial charge in [0.1, 0.15) is 0 Å². The van der Waals surface area contributed by atoms with Crippen LogP contribution in [-0.2, 0) is 21.6 Å². The van der Waals surface area contributed by atoms with Crippen molar-refractivity contribution in [2.45, 2.75) is 11.3 Å². The zero-order chi connectivity index (χ0) is 9.90. The number of rotatable bonds is 3. The largest absolute Gasteiger partial charge is 0.294 e. The van der Waals surface area contributed by atoms with Gasteiger partial charge in [0, 0.05) is 6.42 Å². The SMILES string of the molecule is [O]CCc1ccccc1S(=O)(=O)O. The Bertz CT molecular complexity index is 383. The van der Waals surface area contributed by atoms with Gasteiger partial charge in [-0.3, -0.25) is 4.55 Å². The fraction of sp³-hybridized carbons (Fsp3) is 0.250. The molecule has 0 saturated carbocycles. The van der Waals surface area contributed by atoms with E-state index in [1.165, 1.54) is 18.2 Å². The Morgan fingerprint density at radius 2 is 1.85 bits per heavy atom. The lowest BCUT2D eigenvalue weighted by molar-refractivity contribution is 0.196. The van der Waals surface area contributed by atoms with Gasteiger partial charge in [0.2, 0.25) is 0 Å². The van der Waals surface area contributed by atoms with Gasteiger partial charge in [0.05, 0.1) is 11.5 Å². The first kappa shape index (κ1) is 10.2. The molecule has 71 valence electrons. The molecule has 0 unspecified atom stereocenters. The zero-order valence-corrected chi connectivity index (χ0v) is 7.62. The molecule has 0 aliphatic rings. The summed E-state index contributed by atoms with van der Waals surface area (Å²) in [6.07, 6.45) is 0.107. The Kier molecular flexibility index (Phi) is 3.02. The van der Waals surface area contributed by atoms with Crippen LogP contribution in [0, 0.1) is 0 Å². The van der Waals surface area contributed by atoms with E-state index in [1.54, 1.807) is 6.07 Å². The van der Waals surface area contributed by atoms with Crippen molar-refractivity contribution in [3.8, 4) is 0 Å². The van der Waals surface area contributed by atoms with Crippen molar-refractivity contribution >= 4 is 10.1 Å². The Balaban J connectivity index is 3.20. The molecule has 0 amide bonds. The minimum Gasteiger partial charge on any atom is -0.282 e. The first-order valence-electron chi connectivity index (χ1n) is 3.69. The minimum absolute atomic E-state index is 0.107. The standard InChI is InChI=1S/C8H9O4S/c9-6-5-7-3-1-2-4-8(7)13(10,11)12/h1-4H,5-6H2,(H,10,11,12). The summed E-state index contributed by atoms with van der Waals surface area (Å²) in [6, 6.07) is 5.92. The van der Waals surface area contributed by atoms with Crippen LogP contribution in [0.1, 0.15) is 5.56 Å². The molecule has 1 aromatic rings. The zero-order valence-electron chi connectivity index (χ0n) is 6.80. The summed E-state index contributed by atoms with van der Waals surface area (Å²) in [6.45, 7) is -0.396. The molecule has 5 heteroatoms. The molecule has 1 N–H and O–H groups in total. The molecule has 1 aromatic carbocycles. The van der Waals surface area contributed by atoms with Crippen LogP contribution in [0.5, 0.6) is 0 Å². The molecule has 0 bridgehead atoms. The predicted octanol–water partition coefficient (Wildman–Crippen LogP) is 0.906. The molecule has 1 radical (unpaired) electrons. The third-order valence-corrected chi connectivity index (χ3v) is 2.58. The Morgan fingerprint density at radius 3 is 2.38 bits per heavy atom. The van der Waals surface area contributed by atoms with E-state index in [9.17, 15) is 13.5 Å². The normalized spacial score (nSPS) is 11.5. The first-order valence-corrected chi connectivity index (χ1v) is 5.13. The summed E-state index contributed by atoms with van der Waals surface area (Å²) >= 11 is 0. The lowest BCUT2D eigenvalue weighted by Gasteiger charge is -2.03. The van der Waals surface area contributed by atoms with Gasteiger partial charge in [-0.05, 0) is 11.6 Å². The van der Waals surface area contributed by atoms with Gasteiger partial charge in [0.25, 0.3) is 10.1 Å². The predicted molar refractivity (Wildman–Crippen MR) is 45.5 cm³/mol. The summed E-state index contributed by atoms with van der Waals surface area (Å²) in [7, 11) is -4.19. The van der Waals surface area contributed by atoms with Gasteiger partial charge in [-0.1, -0.05) is 18.2 Å². The maximum absolute atomic E-state index is 10.8. The molecule has 1 rings (SSSR count). The Hall–Kier alpha value is -0.910. The van der Waals surface area contributed by atoms with Crippen LogP contribution < -0.4 is 0 Å². The van der Waals surface area contributed by atoms with E-state index in [-0.39, 0.29) is 11.3 Å². The van der Waals surface area contributed by atoms with Crippen LogP contribution in [-0.4, -0.2) is 19.6 Å². The van der Waals surface area contributed by atoms with Crippen molar-refractivity contribution in [1.29, 1.82) is 0 Å². The molecule has 0 aromatic heterocycles. The third-order valence-electron chi connectivity index (χ3n) is 1.62. The van der Waals surface area contributed by atoms with Crippen LogP contribution in [0.4, 0.5) is 0 Å². The number of benzene rings is 1. The van der Waals surface area contributed by atoms with Crippen LogP contribution in [0.3, 0.4) is 0 Å². The second-order valence-corrected chi connectivity index (χ2v) is 3.93. The average molecular weight is 201 g/mol. The summed E-state index contributed by atoms with van der Waals surface area (Å²) < 4.78 is 30.3. The molecule has 13 heavy (non-hydrogen) atoms. The smallest absolute Gasteiger partial charge is 0.282 e. The van der Waals surface area contributed by atoms with Crippen LogP contribution in [0.25, 0.3) is 0 Å². The van der Waals surface area contributed by atoms with Gasteiger partial charge in [0.15, 0.2) is 0 Å². The third kappa shape index (κ3) is 2.51. The highest BCUT2D eigenvalue weighted by Crippen LogP contribution is 2.14. The minimum atomic E-state index is -4.19. The van der Waals surface area contributed by atoms with E-state index < -0.39 is 16.7 Å². The molecule has 0 atom stereocenters. The Labute approximate surface area is 76.6 Å². The Morgan fingerprint density at radius 1 is 1.23 bits per heavy atom. The number of hydrogen-bond donors (Lipinski definition) is 1.